The molecule has 1 N–H and O–H groups in total. The smallest absolute Gasteiger partial charge is 0.310 e. The largest absolute Gasteiger partial charge is 0.505 e. The fourth-order valence-corrected chi connectivity index (χ4v) is 1.54. The Morgan fingerprint density at radius 3 is 2.87 bits per heavy atom. The molecular weight excluding hydrogens is 267 g/mol. The molecule has 82 valence electrons. The second-order valence-electron chi connectivity index (χ2n) is 2.88. The van der Waals surface area contributed by atoms with Crippen molar-refractivity contribution in [2.24, 2.45) is 0 Å². The van der Waals surface area contributed by atoms with E-state index in [0.717, 1.165) is 6.07 Å². The lowest BCUT2D eigenvalue weighted by Gasteiger charge is -2.05. The summed E-state index contributed by atoms with van der Waals surface area (Å²) < 4.78 is 18.0. The molecule has 0 unspecified atom stereocenters. The van der Waals surface area contributed by atoms with Gasteiger partial charge in [0.05, 0.1) is 13.0 Å². The van der Waals surface area contributed by atoms with E-state index in [0.29, 0.717) is 16.6 Å². The Morgan fingerprint density at radius 1 is 1.60 bits per heavy atom. The molecule has 0 aliphatic heterocycles. The number of benzene rings is 1. The Morgan fingerprint density at radius 2 is 2.27 bits per heavy atom. The van der Waals surface area contributed by atoms with Gasteiger partial charge in [-0.1, -0.05) is 15.9 Å². The van der Waals surface area contributed by atoms with Gasteiger partial charge in [0.2, 0.25) is 0 Å². The maximum atomic E-state index is 12.8. The molecule has 0 saturated heterocycles. The van der Waals surface area contributed by atoms with Gasteiger partial charge in [-0.05, 0) is 24.6 Å². The molecular formula is C10H10BrFO3. The zero-order valence-corrected chi connectivity index (χ0v) is 9.67. The van der Waals surface area contributed by atoms with Crippen LogP contribution < -0.4 is 0 Å². The zero-order valence-electron chi connectivity index (χ0n) is 8.09. The van der Waals surface area contributed by atoms with Crippen LogP contribution in [0.15, 0.2) is 16.6 Å². The number of carbonyl (C=O) groups is 1. The molecule has 0 radical (unpaired) electrons. The van der Waals surface area contributed by atoms with Crippen molar-refractivity contribution < 1.29 is 19.0 Å². The molecule has 0 atom stereocenters. The molecule has 3 nitrogen and oxygen atoms in total. The van der Waals surface area contributed by atoms with Gasteiger partial charge >= 0.3 is 5.97 Å². The van der Waals surface area contributed by atoms with Gasteiger partial charge in [-0.25, -0.2) is 4.39 Å². The molecule has 1 aromatic rings. The van der Waals surface area contributed by atoms with Crippen molar-refractivity contribution in [3.05, 3.63) is 28.0 Å². The monoisotopic (exact) mass is 276 g/mol. The standard InChI is InChI=1S/C10H10BrFO3/c1-2-15-10(14)4-6-3-9(13)8(12)5-7(6)11/h3,5,13H,2,4H2,1H3. The maximum absolute atomic E-state index is 12.8. The van der Waals surface area contributed by atoms with Crippen molar-refractivity contribution >= 4 is 21.9 Å². The molecule has 0 heterocycles. The van der Waals surface area contributed by atoms with E-state index in [1.165, 1.54) is 6.07 Å². The van der Waals surface area contributed by atoms with Gasteiger partial charge in [-0.3, -0.25) is 4.79 Å². The molecule has 1 aromatic carbocycles. The predicted octanol–water partition coefficient (Wildman–Crippen LogP) is 2.40. The lowest BCUT2D eigenvalue weighted by Crippen LogP contribution is -2.08. The molecule has 0 fully saturated rings. The van der Waals surface area contributed by atoms with Crippen LogP contribution in [0.1, 0.15) is 12.5 Å². The van der Waals surface area contributed by atoms with Crippen molar-refractivity contribution in [2.45, 2.75) is 13.3 Å². The van der Waals surface area contributed by atoms with Gasteiger partial charge < -0.3 is 9.84 Å². The number of esters is 1. The first-order valence-corrected chi connectivity index (χ1v) is 5.16. The van der Waals surface area contributed by atoms with Gasteiger partial charge in [0.25, 0.3) is 0 Å². The number of carbonyl (C=O) groups excluding carboxylic acids is 1. The number of ether oxygens (including phenoxy) is 1. The fourth-order valence-electron chi connectivity index (χ4n) is 1.08. The number of halogens is 2. The van der Waals surface area contributed by atoms with Crippen LogP contribution in [-0.4, -0.2) is 17.7 Å². The van der Waals surface area contributed by atoms with E-state index in [-0.39, 0.29) is 6.42 Å². The third-order valence-electron chi connectivity index (χ3n) is 1.76. The minimum absolute atomic E-state index is 0.00225. The minimum Gasteiger partial charge on any atom is -0.505 e. The van der Waals surface area contributed by atoms with E-state index in [4.69, 9.17) is 9.84 Å². The highest BCUT2D eigenvalue weighted by Crippen LogP contribution is 2.25. The van der Waals surface area contributed by atoms with Crippen LogP contribution in [0.4, 0.5) is 4.39 Å². The molecule has 15 heavy (non-hydrogen) atoms. The van der Waals surface area contributed by atoms with Crippen LogP contribution in [0.3, 0.4) is 0 Å². The zero-order chi connectivity index (χ0) is 11.4. The Hall–Kier alpha value is -1.10. The number of hydrogen-bond acceptors (Lipinski definition) is 3. The van der Waals surface area contributed by atoms with Crippen molar-refractivity contribution in [3.63, 3.8) is 0 Å². The number of phenols is 1. The third-order valence-corrected chi connectivity index (χ3v) is 2.49. The molecule has 0 aromatic heterocycles. The average Bonchev–Trinajstić information content (AvgIpc) is 2.14. The lowest BCUT2D eigenvalue weighted by atomic mass is 10.1. The summed E-state index contributed by atoms with van der Waals surface area (Å²) in [6.07, 6.45) is 0.00225. The van der Waals surface area contributed by atoms with Gasteiger partial charge in [0.1, 0.15) is 0 Å². The van der Waals surface area contributed by atoms with Gasteiger partial charge in [0, 0.05) is 4.47 Å². The summed E-state index contributed by atoms with van der Waals surface area (Å²) in [5.41, 5.74) is 0.493. The van der Waals surface area contributed by atoms with Gasteiger partial charge in [-0.2, -0.15) is 0 Å². The van der Waals surface area contributed by atoms with Gasteiger partial charge in [0.15, 0.2) is 11.6 Å². The van der Waals surface area contributed by atoms with Gasteiger partial charge in [-0.15, -0.1) is 0 Å². The van der Waals surface area contributed by atoms with E-state index >= 15 is 0 Å². The van der Waals surface area contributed by atoms with Crippen LogP contribution in [0.2, 0.25) is 0 Å². The molecule has 1 rings (SSSR count). The molecule has 0 aliphatic carbocycles. The van der Waals surface area contributed by atoms with Crippen LogP contribution in [-0.2, 0) is 16.0 Å². The quantitative estimate of drug-likeness (QED) is 0.863. The summed E-state index contributed by atoms with van der Waals surface area (Å²) in [4.78, 5) is 11.1. The molecule has 0 aliphatic rings. The summed E-state index contributed by atoms with van der Waals surface area (Å²) in [6.45, 7) is 2.00. The first kappa shape index (κ1) is 12.0. The number of aromatic hydroxyl groups is 1. The minimum atomic E-state index is -0.727. The number of phenolic OH excluding ortho intramolecular Hbond substituents is 1. The summed E-state index contributed by atoms with van der Waals surface area (Å²) in [7, 11) is 0. The average molecular weight is 277 g/mol. The number of rotatable bonds is 3. The number of hydrogen-bond donors (Lipinski definition) is 1. The topological polar surface area (TPSA) is 46.5 Å². The van der Waals surface area contributed by atoms with Crippen LogP contribution in [0, 0.1) is 5.82 Å². The molecule has 0 saturated carbocycles. The Balaban J connectivity index is 2.86. The van der Waals surface area contributed by atoms with E-state index in [2.05, 4.69) is 15.9 Å². The first-order chi connectivity index (χ1) is 7.04. The Labute approximate surface area is 95.0 Å². The Kier molecular flexibility index (Phi) is 4.08. The second-order valence-corrected chi connectivity index (χ2v) is 3.73. The van der Waals surface area contributed by atoms with E-state index in [1.807, 2.05) is 0 Å². The summed E-state index contributed by atoms with van der Waals surface area (Å²) in [6, 6.07) is 2.32. The Bertz CT molecular complexity index is 379. The SMILES string of the molecule is CCOC(=O)Cc1cc(O)c(F)cc1Br. The van der Waals surface area contributed by atoms with Crippen LogP contribution in [0.5, 0.6) is 5.75 Å². The van der Waals surface area contributed by atoms with E-state index < -0.39 is 17.5 Å². The van der Waals surface area contributed by atoms with E-state index in [1.54, 1.807) is 6.92 Å². The fraction of sp³-hybridized carbons (Fsp3) is 0.300. The maximum Gasteiger partial charge on any atom is 0.310 e. The highest BCUT2D eigenvalue weighted by molar-refractivity contribution is 9.10. The normalized spacial score (nSPS) is 10.1. The summed E-state index contributed by atoms with van der Waals surface area (Å²) in [5, 5.41) is 9.12. The summed E-state index contributed by atoms with van der Waals surface area (Å²) in [5.74, 6) is -1.61. The van der Waals surface area contributed by atoms with Crippen LogP contribution in [0.25, 0.3) is 0 Å². The molecule has 0 bridgehead atoms. The van der Waals surface area contributed by atoms with Crippen molar-refractivity contribution in [1.82, 2.24) is 0 Å². The molecule has 0 spiro atoms. The second kappa shape index (κ2) is 5.11. The predicted molar refractivity (Wildman–Crippen MR) is 56.1 cm³/mol. The highest BCUT2D eigenvalue weighted by Gasteiger charge is 2.11. The van der Waals surface area contributed by atoms with Crippen molar-refractivity contribution in [1.29, 1.82) is 0 Å². The summed E-state index contributed by atoms with van der Waals surface area (Å²) >= 11 is 3.10. The van der Waals surface area contributed by atoms with Crippen molar-refractivity contribution in [3.8, 4) is 5.75 Å². The van der Waals surface area contributed by atoms with E-state index in [9.17, 15) is 9.18 Å². The lowest BCUT2D eigenvalue weighted by molar-refractivity contribution is -0.142. The highest BCUT2D eigenvalue weighted by atomic mass is 79.9. The molecule has 0 amide bonds. The van der Waals surface area contributed by atoms with Crippen molar-refractivity contribution in [2.75, 3.05) is 6.61 Å². The van der Waals surface area contributed by atoms with Crippen LogP contribution >= 0.6 is 15.9 Å². The molecule has 5 heteroatoms. The third kappa shape index (κ3) is 3.20. The first-order valence-electron chi connectivity index (χ1n) is 4.37.